The topological polar surface area (TPSA) is 63.8 Å². The minimum absolute atomic E-state index is 0.0710. The van der Waals surface area contributed by atoms with E-state index in [0.717, 1.165) is 29.8 Å². The van der Waals surface area contributed by atoms with Crippen molar-refractivity contribution in [2.75, 3.05) is 12.3 Å². The van der Waals surface area contributed by atoms with Crippen LogP contribution in [0.2, 0.25) is 0 Å². The van der Waals surface area contributed by atoms with Crippen molar-refractivity contribution >= 4 is 5.69 Å². The van der Waals surface area contributed by atoms with E-state index in [4.69, 9.17) is 5.73 Å². The van der Waals surface area contributed by atoms with E-state index in [1.54, 1.807) is 18.6 Å². The van der Waals surface area contributed by atoms with Crippen LogP contribution in [0.4, 0.5) is 5.69 Å². The maximum Gasteiger partial charge on any atom is 0.0613 e. The van der Waals surface area contributed by atoms with E-state index in [-0.39, 0.29) is 6.04 Å². The number of rotatable bonds is 5. The molecule has 0 aliphatic carbocycles. The predicted molar refractivity (Wildman–Crippen MR) is 73.0 cm³/mol. The van der Waals surface area contributed by atoms with Gasteiger partial charge in [0.2, 0.25) is 0 Å². The number of nitrogens with one attached hydrogen (secondary N) is 1. The molecule has 0 bridgehead atoms. The monoisotopic (exact) mass is 242 g/mol. The van der Waals surface area contributed by atoms with Crippen LogP contribution in [0.25, 0.3) is 0 Å². The van der Waals surface area contributed by atoms with E-state index >= 15 is 0 Å². The van der Waals surface area contributed by atoms with Gasteiger partial charge in [0.15, 0.2) is 0 Å². The molecule has 2 aromatic rings. The lowest BCUT2D eigenvalue weighted by Gasteiger charge is -2.20. The maximum absolute atomic E-state index is 6.03. The number of pyridine rings is 2. The van der Waals surface area contributed by atoms with Crippen LogP contribution in [-0.2, 0) is 0 Å². The second kappa shape index (κ2) is 6.12. The van der Waals surface area contributed by atoms with Gasteiger partial charge in [-0.05, 0) is 36.7 Å². The zero-order chi connectivity index (χ0) is 12.8. The van der Waals surface area contributed by atoms with Crippen molar-refractivity contribution in [2.24, 2.45) is 0 Å². The molecule has 0 amide bonds. The molecule has 94 valence electrons. The lowest BCUT2D eigenvalue weighted by Crippen LogP contribution is -2.24. The fourth-order valence-corrected chi connectivity index (χ4v) is 1.91. The average molecular weight is 242 g/mol. The minimum atomic E-state index is 0.0710. The van der Waals surface area contributed by atoms with Crippen LogP contribution in [0.1, 0.15) is 30.5 Å². The van der Waals surface area contributed by atoms with Gasteiger partial charge in [0.05, 0.1) is 6.04 Å². The molecule has 2 rings (SSSR count). The second-order valence-electron chi connectivity index (χ2n) is 4.17. The number of aromatic nitrogens is 2. The third-order valence-electron chi connectivity index (χ3n) is 2.84. The first kappa shape index (κ1) is 12.5. The molecule has 0 aliphatic rings. The third kappa shape index (κ3) is 2.84. The summed E-state index contributed by atoms with van der Waals surface area (Å²) in [5.41, 5.74) is 8.96. The van der Waals surface area contributed by atoms with Crippen LogP contribution in [0.3, 0.4) is 0 Å². The number of anilines is 1. The van der Waals surface area contributed by atoms with Gasteiger partial charge in [-0.3, -0.25) is 9.97 Å². The summed E-state index contributed by atoms with van der Waals surface area (Å²) >= 11 is 0. The molecule has 0 fully saturated rings. The first-order chi connectivity index (χ1) is 8.83. The van der Waals surface area contributed by atoms with Crippen molar-refractivity contribution < 1.29 is 0 Å². The first-order valence-electron chi connectivity index (χ1n) is 6.15. The van der Waals surface area contributed by atoms with Crippen molar-refractivity contribution in [1.82, 2.24) is 15.3 Å². The Morgan fingerprint density at radius 3 is 2.56 bits per heavy atom. The quantitative estimate of drug-likeness (QED) is 0.843. The molecule has 2 aromatic heterocycles. The summed E-state index contributed by atoms with van der Waals surface area (Å²) in [6.45, 7) is 3.07. The highest BCUT2D eigenvalue weighted by Crippen LogP contribution is 2.25. The van der Waals surface area contributed by atoms with E-state index in [2.05, 4.69) is 22.2 Å². The van der Waals surface area contributed by atoms with Crippen LogP contribution in [0.5, 0.6) is 0 Å². The Balaban J connectivity index is 2.34. The molecule has 18 heavy (non-hydrogen) atoms. The van der Waals surface area contributed by atoms with E-state index in [1.165, 1.54) is 0 Å². The molecular weight excluding hydrogens is 224 g/mol. The summed E-state index contributed by atoms with van der Waals surface area (Å²) in [7, 11) is 0. The lowest BCUT2D eigenvalue weighted by atomic mass is 10.00. The van der Waals surface area contributed by atoms with Crippen LogP contribution < -0.4 is 11.1 Å². The van der Waals surface area contributed by atoms with E-state index in [0.29, 0.717) is 0 Å². The number of nitrogens with two attached hydrogens (primary N) is 1. The van der Waals surface area contributed by atoms with Gasteiger partial charge < -0.3 is 11.1 Å². The predicted octanol–water partition coefficient (Wildman–Crippen LogP) is 2.15. The molecule has 4 heteroatoms. The van der Waals surface area contributed by atoms with Gasteiger partial charge >= 0.3 is 0 Å². The zero-order valence-electron chi connectivity index (χ0n) is 10.5. The summed E-state index contributed by atoms with van der Waals surface area (Å²) in [6, 6.07) is 5.90. The van der Waals surface area contributed by atoms with E-state index in [1.807, 2.05) is 24.4 Å². The normalized spacial score (nSPS) is 12.3. The Morgan fingerprint density at radius 2 is 1.89 bits per heavy atom. The van der Waals surface area contributed by atoms with Crippen molar-refractivity contribution in [3.05, 3.63) is 54.1 Å². The van der Waals surface area contributed by atoms with Gasteiger partial charge in [0.25, 0.3) is 0 Å². The molecule has 0 saturated heterocycles. The van der Waals surface area contributed by atoms with Gasteiger partial charge in [0.1, 0.15) is 0 Å². The number of nitrogens with zero attached hydrogens (tertiary/aromatic N) is 2. The Morgan fingerprint density at radius 1 is 1.17 bits per heavy atom. The zero-order valence-corrected chi connectivity index (χ0v) is 10.5. The molecule has 0 saturated carbocycles. The standard InChI is InChI=1S/C14H18N4/c1-2-6-18-14(11-3-7-16-8-4-11)12-10-17-9-5-13(12)15/h3-5,7-10,14,18H,2,6H2,1H3,(H2,15,17). The maximum atomic E-state index is 6.03. The third-order valence-corrected chi connectivity index (χ3v) is 2.84. The molecule has 0 aromatic carbocycles. The van der Waals surface area contributed by atoms with Crippen LogP contribution in [-0.4, -0.2) is 16.5 Å². The highest BCUT2D eigenvalue weighted by Gasteiger charge is 2.15. The summed E-state index contributed by atoms with van der Waals surface area (Å²) in [5.74, 6) is 0. The van der Waals surface area contributed by atoms with Crippen molar-refractivity contribution in [3.63, 3.8) is 0 Å². The summed E-state index contributed by atoms with van der Waals surface area (Å²) in [6.07, 6.45) is 8.19. The molecule has 0 spiro atoms. The SMILES string of the molecule is CCCNC(c1ccncc1)c1cnccc1N. The number of hydrogen-bond acceptors (Lipinski definition) is 4. The smallest absolute Gasteiger partial charge is 0.0613 e. The largest absolute Gasteiger partial charge is 0.398 e. The van der Waals surface area contributed by atoms with Gasteiger partial charge in [0, 0.05) is 36.0 Å². The van der Waals surface area contributed by atoms with E-state index in [9.17, 15) is 0 Å². The highest BCUT2D eigenvalue weighted by atomic mass is 14.9. The lowest BCUT2D eigenvalue weighted by molar-refractivity contribution is 0.598. The molecule has 1 unspecified atom stereocenters. The Bertz CT molecular complexity index is 484. The molecule has 1 atom stereocenters. The van der Waals surface area contributed by atoms with E-state index < -0.39 is 0 Å². The summed E-state index contributed by atoms with van der Waals surface area (Å²) in [4.78, 5) is 8.21. The van der Waals surface area contributed by atoms with Crippen molar-refractivity contribution in [2.45, 2.75) is 19.4 Å². The Hall–Kier alpha value is -1.94. The van der Waals surface area contributed by atoms with Crippen molar-refractivity contribution in [1.29, 1.82) is 0 Å². The molecule has 4 nitrogen and oxygen atoms in total. The fourth-order valence-electron chi connectivity index (χ4n) is 1.91. The molecular formula is C14H18N4. The molecule has 0 radical (unpaired) electrons. The van der Waals surface area contributed by atoms with Gasteiger partial charge in [-0.2, -0.15) is 0 Å². The van der Waals surface area contributed by atoms with Crippen molar-refractivity contribution in [3.8, 4) is 0 Å². The van der Waals surface area contributed by atoms with Crippen LogP contribution in [0, 0.1) is 0 Å². The first-order valence-corrected chi connectivity index (χ1v) is 6.15. The van der Waals surface area contributed by atoms with Gasteiger partial charge in [-0.1, -0.05) is 6.92 Å². The fraction of sp³-hybridized carbons (Fsp3) is 0.286. The molecule has 0 aliphatic heterocycles. The Labute approximate surface area is 107 Å². The summed E-state index contributed by atoms with van der Waals surface area (Å²) < 4.78 is 0. The average Bonchev–Trinajstić information content (AvgIpc) is 2.42. The summed E-state index contributed by atoms with van der Waals surface area (Å²) in [5, 5.41) is 3.50. The number of hydrogen-bond donors (Lipinski definition) is 2. The second-order valence-corrected chi connectivity index (χ2v) is 4.17. The molecule has 2 heterocycles. The highest BCUT2D eigenvalue weighted by molar-refractivity contribution is 5.49. The number of nitrogen functional groups attached to an aromatic ring is 1. The van der Waals surface area contributed by atoms with Gasteiger partial charge in [-0.15, -0.1) is 0 Å². The van der Waals surface area contributed by atoms with Crippen LogP contribution in [0.15, 0.2) is 43.0 Å². The molecule has 3 N–H and O–H groups in total. The minimum Gasteiger partial charge on any atom is -0.398 e. The Kier molecular flexibility index (Phi) is 4.25. The van der Waals surface area contributed by atoms with Crippen LogP contribution >= 0.6 is 0 Å². The van der Waals surface area contributed by atoms with Gasteiger partial charge in [-0.25, -0.2) is 0 Å².